The van der Waals surface area contributed by atoms with Gasteiger partial charge in [-0.3, -0.25) is 14.6 Å². The number of rotatable bonds is 5. The first kappa shape index (κ1) is 15.7. The SMILES string of the molecule is COc1ccccc1CNC(=O)c1cnc2cc(C(C)=O)[nH]c2c1. The van der Waals surface area contributed by atoms with Gasteiger partial charge in [0.1, 0.15) is 5.75 Å². The zero-order valence-electron chi connectivity index (χ0n) is 13.4. The van der Waals surface area contributed by atoms with Crippen LogP contribution in [-0.4, -0.2) is 28.8 Å². The molecule has 6 heteroatoms. The number of fused-ring (bicyclic) bond motifs is 1. The van der Waals surface area contributed by atoms with E-state index in [2.05, 4.69) is 15.3 Å². The lowest BCUT2D eigenvalue weighted by Gasteiger charge is -2.09. The number of hydrogen-bond donors (Lipinski definition) is 2. The van der Waals surface area contributed by atoms with Crippen LogP contribution in [0.2, 0.25) is 0 Å². The van der Waals surface area contributed by atoms with Gasteiger partial charge < -0.3 is 15.0 Å². The summed E-state index contributed by atoms with van der Waals surface area (Å²) >= 11 is 0. The molecule has 24 heavy (non-hydrogen) atoms. The molecule has 1 aromatic carbocycles. The van der Waals surface area contributed by atoms with Gasteiger partial charge in [-0.15, -0.1) is 0 Å². The van der Waals surface area contributed by atoms with Gasteiger partial charge in [0, 0.05) is 25.2 Å². The Bertz CT molecular complexity index is 915. The molecular weight excluding hydrogens is 306 g/mol. The van der Waals surface area contributed by atoms with E-state index in [4.69, 9.17) is 4.74 Å². The Morgan fingerprint density at radius 3 is 2.79 bits per heavy atom. The molecule has 0 spiro atoms. The highest BCUT2D eigenvalue weighted by Crippen LogP contribution is 2.18. The van der Waals surface area contributed by atoms with Crippen LogP contribution in [0, 0.1) is 0 Å². The van der Waals surface area contributed by atoms with Crippen molar-refractivity contribution in [3.63, 3.8) is 0 Å². The average Bonchev–Trinajstić information content (AvgIpc) is 3.03. The summed E-state index contributed by atoms with van der Waals surface area (Å²) in [5.74, 6) is 0.409. The van der Waals surface area contributed by atoms with E-state index in [1.807, 2.05) is 24.3 Å². The van der Waals surface area contributed by atoms with E-state index in [9.17, 15) is 9.59 Å². The van der Waals surface area contributed by atoms with E-state index in [0.717, 1.165) is 11.3 Å². The molecule has 0 radical (unpaired) electrons. The topological polar surface area (TPSA) is 84.1 Å². The van der Waals surface area contributed by atoms with Gasteiger partial charge in [-0.1, -0.05) is 18.2 Å². The molecule has 0 bridgehead atoms. The highest BCUT2D eigenvalue weighted by Gasteiger charge is 2.11. The second-order valence-corrected chi connectivity index (χ2v) is 5.39. The van der Waals surface area contributed by atoms with Gasteiger partial charge in [-0.25, -0.2) is 0 Å². The highest BCUT2D eigenvalue weighted by atomic mass is 16.5. The van der Waals surface area contributed by atoms with Crippen LogP contribution in [0.3, 0.4) is 0 Å². The Morgan fingerprint density at radius 2 is 2.04 bits per heavy atom. The Labute approximate surface area is 138 Å². The number of hydrogen-bond acceptors (Lipinski definition) is 4. The maximum Gasteiger partial charge on any atom is 0.253 e. The number of para-hydroxylation sites is 1. The Morgan fingerprint density at radius 1 is 1.25 bits per heavy atom. The molecule has 0 aliphatic rings. The van der Waals surface area contributed by atoms with E-state index in [-0.39, 0.29) is 11.7 Å². The molecule has 0 atom stereocenters. The van der Waals surface area contributed by atoms with Gasteiger partial charge in [0.15, 0.2) is 5.78 Å². The lowest BCUT2D eigenvalue weighted by atomic mass is 10.2. The fraction of sp³-hybridized carbons (Fsp3) is 0.167. The molecule has 2 aromatic heterocycles. The second-order valence-electron chi connectivity index (χ2n) is 5.39. The van der Waals surface area contributed by atoms with Crippen molar-refractivity contribution < 1.29 is 14.3 Å². The number of pyridine rings is 1. The number of nitrogens with zero attached hydrogens (tertiary/aromatic N) is 1. The first-order chi connectivity index (χ1) is 11.6. The number of H-pyrrole nitrogens is 1. The third-order valence-corrected chi connectivity index (χ3v) is 3.74. The summed E-state index contributed by atoms with van der Waals surface area (Å²) in [4.78, 5) is 30.9. The van der Waals surface area contributed by atoms with E-state index < -0.39 is 0 Å². The van der Waals surface area contributed by atoms with Crippen molar-refractivity contribution in [3.8, 4) is 5.75 Å². The number of methoxy groups -OCH3 is 1. The summed E-state index contributed by atoms with van der Waals surface area (Å²) in [5.41, 5.74) is 3.10. The maximum atomic E-state index is 12.3. The molecule has 0 saturated heterocycles. The van der Waals surface area contributed by atoms with Crippen molar-refractivity contribution in [2.75, 3.05) is 7.11 Å². The van der Waals surface area contributed by atoms with Crippen molar-refractivity contribution in [1.29, 1.82) is 0 Å². The summed E-state index contributed by atoms with van der Waals surface area (Å²) in [6, 6.07) is 10.9. The van der Waals surface area contributed by atoms with Crippen molar-refractivity contribution in [2.45, 2.75) is 13.5 Å². The number of carbonyl (C=O) groups is 2. The molecule has 0 aliphatic carbocycles. The number of aromatic amines is 1. The number of amides is 1. The van der Waals surface area contributed by atoms with Crippen LogP contribution in [0.15, 0.2) is 42.6 Å². The summed E-state index contributed by atoms with van der Waals surface area (Å²) in [7, 11) is 1.59. The second kappa shape index (κ2) is 6.54. The van der Waals surface area contributed by atoms with Gasteiger partial charge in [0.25, 0.3) is 5.91 Å². The average molecular weight is 323 g/mol. The number of aromatic nitrogens is 2. The zero-order chi connectivity index (χ0) is 17.1. The predicted molar refractivity (Wildman–Crippen MR) is 90.3 cm³/mol. The third kappa shape index (κ3) is 3.12. The van der Waals surface area contributed by atoms with Crippen LogP contribution in [-0.2, 0) is 6.54 Å². The van der Waals surface area contributed by atoms with Crippen molar-refractivity contribution in [3.05, 3.63) is 59.4 Å². The first-order valence-corrected chi connectivity index (χ1v) is 7.48. The van der Waals surface area contributed by atoms with Crippen molar-refractivity contribution in [1.82, 2.24) is 15.3 Å². The van der Waals surface area contributed by atoms with Crippen LogP contribution >= 0.6 is 0 Å². The standard InChI is InChI=1S/C18H17N3O3/c1-11(22)14-8-15-16(21-14)7-13(10-19-15)18(23)20-9-12-5-3-4-6-17(12)24-2/h3-8,10,21H,9H2,1-2H3,(H,20,23). The summed E-state index contributed by atoms with van der Waals surface area (Å²) in [6.45, 7) is 1.83. The zero-order valence-corrected chi connectivity index (χ0v) is 13.4. The van der Waals surface area contributed by atoms with Gasteiger partial charge in [-0.2, -0.15) is 0 Å². The third-order valence-electron chi connectivity index (χ3n) is 3.74. The number of ether oxygens (including phenoxy) is 1. The van der Waals surface area contributed by atoms with E-state index in [1.165, 1.54) is 13.1 Å². The lowest BCUT2D eigenvalue weighted by Crippen LogP contribution is -2.23. The van der Waals surface area contributed by atoms with Gasteiger partial charge in [0.05, 0.1) is 29.4 Å². The summed E-state index contributed by atoms with van der Waals surface area (Å²) < 4.78 is 5.27. The fourth-order valence-corrected chi connectivity index (χ4v) is 2.45. The van der Waals surface area contributed by atoms with Crippen molar-refractivity contribution >= 4 is 22.7 Å². The monoisotopic (exact) mass is 323 g/mol. The summed E-state index contributed by atoms with van der Waals surface area (Å²) in [6.07, 6.45) is 1.50. The lowest BCUT2D eigenvalue weighted by molar-refractivity contribution is 0.0949. The van der Waals surface area contributed by atoms with E-state index in [1.54, 1.807) is 19.2 Å². The Hall–Kier alpha value is -3.15. The largest absolute Gasteiger partial charge is 0.496 e. The molecule has 6 nitrogen and oxygen atoms in total. The molecule has 1 amide bonds. The predicted octanol–water partition coefficient (Wildman–Crippen LogP) is 2.70. The molecule has 2 heterocycles. The maximum absolute atomic E-state index is 12.3. The molecule has 0 fully saturated rings. The van der Waals surface area contributed by atoms with Crippen LogP contribution in [0.1, 0.15) is 33.3 Å². The fourth-order valence-electron chi connectivity index (χ4n) is 2.45. The molecule has 3 aromatic rings. The number of nitrogens with one attached hydrogen (secondary N) is 2. The number of benzene rings is 1. The molecule has 0 aliphatic heterocycles. The molecule has 3 rings (SSSR count). The van der Waals surface area contributed by atoms with E-state index >= 15 is 0 Å². The molecule has 0 unspecified atom stereocenters. The van der Waals surface area contributed by atoms with Gasteiger partial charge in [0.2, 0.25) is 0 Å². The minimum atomic E-state index is -0.241. The molecule has 2 N–H and O–H groups in total. The van der Waals surface area contributed by atoms with Crippen LogP contribution in [0.25, 0.3) is 11.0 Å². The highest BCUT2D eigenvalue weighted by molar-refractivity contribution is 6.00. The normalized spacial score (nSPS) is 10.6. The smallest absolute Gasteiger partial charge is 0.253 e. The van der Waals surface area contributed by atoms with Crippen molar-refractivity contribution in [2.24, 2.45) is 0 Å². The molecule has 0 saturated carbocycles. The minimum Gasteiger partial charge on any atom is -0.496 e. The minimum absolute atomic E-state index is 0.0739. The van der Waals surface area contributed by atoms with Crippen LogP contribution in [0.5, 0.6) is 5.75 Å². The summed E-state index contributed by atoms with van der Waals surface area (Å²) in [5, 5.41) is 2.84. The quantitative estimate of drug-likeness (QED) is 0.707. The molecular formula is C18H17N3O3. The number of Topliss-reactive ketones (excluding diaryl/α,β-unsaturated/α-hetero) is 1. The number of ketones is 1. The first-order valence-electron chi connectivity index (χ1n) is 7.48. The Balaban J connectivity index is 1.77. The van der Waals surface area contributed by atoms with Gasteiger partial charge >= 0.3 is 0 Å². The van der Waals surface area contributed by atoms with Gasteiger partial charge in [-0.05, 0) is 18.2 Å². The number of carbonyl (C=O) groups excluding carboxylic acids is 2. The van der Waals surface area contributed by atoms with Crippen LogP contribution in [0.4, 0.5) is 0 Å². The van der Waals surface area contributed by atoms with E-state index in [0.29, 0.717) is 28.8 Å². The van der Waals surface area contributed by atoms with Crippen LogP contribution < -0.4 is 10.1 Å². The Kier molecular flexibility index (Phi) is 4.29. The molecule has 122 valence electrons.